The average Bonchev–Trinajstić information content (AvgIpc) is 3.22. The predicted molar refractivity (Wildman–Crippen MR) is 108 cm³/mol. The highest BCUT2D eigenvalue weighted by Gasteiger charge is 2.77. The Hall–Kier alpha value is -1.13. The maximum Gasteiger partial charge on any atom is 0.0493 e. The van der Waals surface area contributed by atoms with E-state index >= 15 is 0 Å². The standard InChI is InChI=1S/C21H30Si2/c1-22(2,3)21(23(4,5)6)17-20(21,18-13-9-7-10-14-18)19-15-11-8-12-16-19/h7-16H,17H2,1-6H3. The lowest BCUT2D eigenvalue weighted by Crippen LogP contribution is -2.50. The van der Waals surface area contributed by atoms with Crippen molar-refractivity contribution in [3.8, 4) is 0 Å². The molecule has 0 atom stereocenters. The van der Waals surface area contributed by atoms with Gasteiger partial charge in [-0.1, -0.05) is 99.9 Å². The Morgan fingerprint density at radius 3 is 1.22 bits per heavy atom. The van der Waals surface area contributed by atoms with Crippen LogP contribution in [-0.2, 0) is 5.41 Å². The highest BCUT2D eigenvalue weighted by atomic mass is 28.4. The first-order valence-electron chi connectivity index (χ1n) is 8.78. The van der Waals surface area contributed by atoms with Crippen molar-refractivity contribution < 1.29 is 0 Å². The minimum atomic E-state index is -1.35. The summed E-state index contributed by atoms with van der Waals surface area (Å²) in [4.78, 5) is 0. The van der Waals surface area contributed by atoms with Gasteiger partial charge in [-0.3, -0.25) is 0 Å². The molecule has 0 radical (unpaired) electrons. The zero-order valence-electron chi connectivity index (χ0n) is 15.5. The van der Waals surface area contributed by atoms with Gasteiger partial charge in [0.15, 0.2) is 0 Å². The maximum atomic E-state index is 2.60. The van der Waals surface area contributed by atoms with Crippen LogP contribution in [0.5, 0.6) is 0 Å². The summed E-state index contributed by atoms with van der Waals surface area (Å²) in [6, 6.07) is 22.7. The van der Waals surface area contributed by atoms with Gasteiger partial charge in [0.05, 0.1) is 0 Å². The molecule has 0 bridgehead atoms. The van der Waals surface area contributed by atoms with E-state index in [1.165, 1.54) is 17.5 Å². The Labute approximate surface area is 144 Å². The van der Waals surface area contributed by atoms with E-state index in [2.05, 4.69) is 99.9 Å². The first-order valence-corrected chi connectivity index (χ1v) is 15.8. The van der Waals surface area contributed by atoms with E-state index in [0.29, 0.717) is 4.66 Å². The third-order valence-electron chi connectivity index (χ3n) is 6.23. The van der Waals surface area contributed by atoms with Crippen molar-refractivity contribution in [3.05, 3.63) is 71.8 Å². The lowest BCUT2D eigenvalue weighted by molar-refractivity contribution is 0.802. The van der Waals surface area contributed by atoms with Crippen LogP contribution < -0.4 is 0 Å². The fourth-order valence-corrected chi connectivity index (χ4v) is 19.3. The van der Waals surface area contributed by atoms with Crippen molar-refractivity contribution in [2.45, 2.75) is 55.8 Å². The fraction of sp³-hybridized carbons (Fsp3) is 0.429. The number of hydrogen-bond acceptors (Lipinski definition) is 0. The Morgan fingerprint density at radius 2 is 0.957 bits per heavy atom. The highest BCUT2D eigenvalue weighted by Crippen LogP contribution is 2.81. The van der Waals surface area contributed by atoms with E-state index in [0.717, 1.165) is 0 Å². The summed E-state index contributed by atoms with van der Waals surface area (Å²) in [5, 5.41) is 0. The second-order valence-electron chi connectivity index (χ2n) is 9.22. The van der Waals surface area contributed by atoms with Crippen LogP contribution in [0.3, 0.4) is 0 Å². The molecule has 1 fully saturated rings. The van der Waals surface area contributed by atoms with Gasteiger partial charge in [-0.15, -0.1) is 0 Å². The molecule has 3 rings (SSSR count). The van der Waals surface area contributed by atoms with Gasteiger partial charge in [0.25, 0.3) is 0 Å². The van der Waals surface area contributed by atoms with E-state index < -0.39 is 16.1 Å². The zero-order valence-corrected chi connectivity index (χ0v) is 17.5. The summed E-state index contributed by atoms with van der Waals surface area (Å²) in [7, 11) is -2.70. The van der Waals surface area contributed by atoms with Crippen molar-refractivity contribution in [2.75, 3.05) is 0 Å². The van der Waals surface area contributed by atoms with Crippen LogP contribution in [0, 0.1) is 0 Å². The average molecular weight is 339 g/mol. The second-order valence-corrected chi connectivity index (χ2v) is 20.4. The monoisotopic (exact) mass is 338 g/mol. The van der Waals surface area contributed by atoms with E-state index in [4.69, 9.17) is 0 Å². The molecule has 0 unspecified atom stereocenters. The molecule has 0 heterocycles. The van der Waals surface area contributed by atoms with Crippen LogP contribution in [0.2, 0.25) is 43.9 Å². The highest BCUT2D eigenvalue weighted by molar-refractivity contribution is 7.00. The normalized spacial score (nSPS) is 19.4. The van der Waals surface area contributed by atoms with Gasteiger partial charge in [0.2, 0.25) is 0 Å². The molecule has 1 saturated carbocycles. The minimum Gasteiger partial charge on any atom is -0.0693 e. The largest absolute Gasteiger partial charge is 0.0693 e. The molecule has 0 amide bonds. The second kappa shape index (κ2) is 5.19. The van der Waals surface area contributed by atoms with Crippen LogP contribution in [0.25, 0.3) is 0 Å². The van der Waals surface area contributed by atoms with Crippen molar-refractivity contribution in [3.63, 3.8) is 0 Å². The molecule has 2 aromatic rings. The number of rotatable bonds is 4. The fourth-order valence-electron chi connectivity index (χ4n) is 5.60. The predicted octanol–water partition coefficient (Wildman–Crippen LogP) is 6.33. The molecular weight excluding hydrogens is 308 g/mol. The molecular formula is C21H30Si2. The molecule has 0 spiro atoms. The van der Waals surface area contributed by atoms with Crippen LogP contribution in [0.15, 0.2) is 60.7 Å². The van der Waals surface area contributed by atoms with Crippen molar-refractivity contribution in [1.82, 2.24) is 0 Å². The molecule has 23 heavy (non-hydrogen) atoms. The Bertz CT molecular complexity index is 622. The maximum absolute atomic E-state index is 2.60. The third-order valence-corrected chi connectivity index (χ3v) is 17.1. The van der Waals surface area contributed by atoms with Gasteiger partial charge in [-0.2, -0.15) is 0 Å². The first kappa shape index (κ1) is 16.7. The summed E-state index contributed by atoms with van der Waals surface area (Å²) < 4.78 is 0.524. The molecule has 0 nitrogen and oxygen atoms in total. The Morgan fingerprint density at radius 1 is 0.609 bits per heavy atom. The lowest BCUT2D eigenvalue weighted by Gasteiger charge is -2.44. The molecule has 0 N–H and O–H groups in total. The van der Waals surface area contributed by atoms with Gasteiger partial charge in [-0.25, -0.2) is 0 Å². The quantitative estimate of drug-likeness (QED) is 0.571. The molecule has 2 aromatic carbocycles. The topological polar surface area (TPSA) is 0 Å². The third kappa shape index (κ3) is 2.22. The van der Waals surface area contributed by atoms with Gasteiger partial charge in [-0.05, 0) is 22.2 Å². The molecule has 2 heteroatoms. The molecule has 1 aliphatic rings. The van der Waals surface area contributed by atoms with Gasteiger partial charge >= 0.3 is 0 Å². The minimum absolute atomic E-state index is 0.241. The van der Waals surface area contributed by atoms with Crippen LogP contribution in [-0.4, -0.2) is 16.1 Å². The van der Waals surface area contributed by atoms with E-state index in [1.54, 1.807) is 0 Å². The van der Waals surface area contributed by atoms with E-state index in [9.17, 15) is 0 Å². The van der Waals surface area contributed by atoms with Gasteiger partial charge < -0.3 is 0 Å². The molecule has 0 aromatic heterocycles. The first-order chi connectivity index (χ1) is 10.7. The van der Waals surface area contributed by atoms with E-state index in [-0.39, 0.29) is 5.41 Å². The SMILES string of the molecule is C[Si](C)(C)C1([Si](C)(C)C)CC1(c1ccccc1)c1ccccc1. The summed E-state index contributed by atoms with van der Waals surface area (Å²) in [6.07, 6.45) is 1.35. The summed E-state index contributed by atoms with van der Waals surface area (Å²) in [5.41, 5.74) is 3.32. The van der Waals surface area contributed by atoms with Gasteiger partial charge in [0, 0.05) is 21.6 Å². The molecule has 0 aliphatic heterocycles. The number of hydrogen-bond donors (Lipinski definition) is 0. The zero-order chi connectivity index (χ0) is 16.9. The summed E-state index contributed by atoms with van der Waals surface area (Å²) in [5.74, 6) is 0. The summed E-state index contributed by atoms with van der Waals surface area (Å²) >= 11 is 0. The Kier molecular flexibility index (Phi) is 3.77. The lowest BCUT2D eigenvalue weighted by atomic mass is 9.88. The summed E-state index contributed by atoms with van der Waals surface area (Å²) in [6.45, 7) is 15.6. The molecule has 0 saturated heterocycles. The Balaban J connectivity index is 2.29. The van der Waals surface area contributed by atoms with Crippen LogP contribution in [0.1, 0.15) is 17.5 Å². The molecule has 1 aliphatic carbocycles. The van der Waals surface area contributed by atoms with E-state index in [1.807, 2.05) is 0 Å². The van der Waals surface area contributed by atoms with Crippen molar-refractivity contribution >= 4 is 16.1 Å². The number of benzene rings is 2. The molecule has 122 valence electrons. The van der Waals surface area contributed by atoms with Crippen LogP contribution >= 0.6 is 0 Å². The van der Waals surface area contributed by atoms with Crippen LogP contribution in [0.4, 0.5) is 0 Å². The van der Waals surface area contributed by atoms with Crippen molar-refractivity contribution in [2.24, 2.45) is 0 Å². The van der Waals surface area contributed by atoms with Crippen molar-refractivity contribution in [1.29, 1.82) is 0 Å². The smallest absolute Gasteiger partial charge is 0.0493 e. The van der Waals surface area contributed by atoms with Gasteiger partial charge in [0.1, 0.15) is 0 Å².